The number of ether oxygens (including phenoxy) is 2. The molecular formula is C19H19N3O6S2. The fraction of sp³-hybridized carbons (Fsp3) is 0.211. The molecule has 0 bridgehead atoms. The molecule has 1 unspecified atom stereocenters. The third kappa shape index (κ3) is 5.75. The number of nitrogens with zero attached hydrogens (tertiary/aromatic N) is 2. The van der Waals surface area contributed by atoms with Crippen LogP contribution in [0.1, 0.15) is 17.3 Å². The average Bonchev–Trinajstić information content (AvgIpc) is 3.20. The maximum atomic E-state index is 12.6. The van der Waals surface area contributed by atoms with Gasteiger partial charge in [-0.15, -0.1) is 0 Å². The number of carbonyl (C=O) groups is 1. The molecule has 0 saturated heterocycles. The summed E-state index contributed by atoms with van der Waals surface area (Å²) in [4.78, 5) is 16.6. The number of carbonyl (C=O) groups excluding carboxylic acids is 1. The van der Waals surface area contributed by atoms with Crippen LogP contribution >= 0.6 is 11.5 Å². The Morgan fingerprint density at radius 2 is 1.87 bits per heavy atom. The molecule has 1 atom stereocenters. The lowest BCUT2D eigenvalue weighted by Gasteiger charge is -2.15. The van der Waals surface area contributed by atoms with E-state index in [1.807, 2.05) is 0 Å². The van der Waals surface area contributed by atoms with E-state index in [4.69, 9.17) is 9.47 Å². The van der Waals surface area contributed by atoms with E-state index in [2.05, 4.69) is 14.7 Å². The van der Waals surface area contributed by atoms with Gasteiger partial charge in [-0.05, 0) is 54.9 Å². The topological polar surface area (TPSA) is 128 Å². The van der Waals surface area contributed by atoms with Gasteiger partial charge < -0.3 is 14.6 Å². The predicted molar refractivity (Wildman–Crippen MR) is 111 cm³/mol. The molecule has 3 rings (SSSR count). The number of anilines is 1. The van der Waals surface area contributed by atoms with Crippen molar-refractivity contribution in [3.8, 4) is 17.2 Å². The van der Waals surface area contributed by atoms with Crippen LogP contribution in [0.5, 0.6) is 17.2 Å². The van der Waals surface area contributed by atoms with Gasteiger partial charge in [-0.25, -0.2) is 13.4 Å². The first-order valence-electron chi connectivity index (χ1n) is 8.73. The highest BCUT2D eigenvalue weighted by atomic mass is 32.2. The van der Waals surface area contributed by atoms with Crippen molar-refractivity contribution in [1.82, 2.24) is 9.36 Å². The first kappa shape index (κ1) is 21.7. The number of hydrogen-bond acceptors (Lipinski definition) is 9. The van der Waals surface area contributed by atoms with Crippen molar-refractivity contribution in [1.29, 1.82) is 0 Å². The maximum Gasteiger partial charge on any atom is 0.258 e. The number of aromatic nitrogens is 2. The Morgan fingerprint density at radius 1 is 1.17 bits per heavy atom. The van der Waals surface area contributed by atoms with Gasteiger partial charge in [0.05, 0.1) is 11.5 Å². The van der Waals surface area contributed by atoms with Crippen molar-refractivity contribution in [3.63, 3.8) is 0 Å². The number of aliphatic hydroxyl groups is 1. The molecule has 1 amide bonds. The monoisotopic (exact) mass is 449 g/mol. The molecule has 2 aromatic carbocycles. The molecule has 2 N–H and O–H groups in total. The van der Waals surface area contributed by atoms with Gasteiger partial charge in [-0.1, -0.05) is 0 Å². The summed E-state index contributed by atoms with van der Waals surface area (Å²) in [6.45, 7) is 1.47. The van der Waals surface area contributed by atoms with Crippen LogP contribution in [0.25, 0.3) is 0 Å². The van der Waals surface area contributed by atoms with Gasteiger partial charge in [0.2, 0.25) is 5.95 Å². The summed E-state index contributed by atoms with van der Waals surface area (Å²) >= 11 is 1.10. The Kier molecular flexibility index (Phi) is 6.65. The summed E-state index contributed by atoms with van der Waals surface area (Å²) in [6.07, 6.45) is 0.624. The van der Waals surface area contributed by atoms with Crippen molar-refractivity contribution in [3.05, 3.63) is 53.5 Å². The molecule has 0 aliphatic heterocycles. The van der Waals surface area contributed by atoms with Crippen LogP contribution < -0.4 is 14.8 Å². The minimum absolute atomic E-state index is 0.166. The van der Waals surface area contributed by atoms with Crippen molar-refractivity contribution >= 4 is 33.2 Å². The Bertz CT molecular complexity index is 1120. The zero-order valence-corrected chi connectivity index (χ0v) is 17.7. The van der Waals surface area contributed by atoms with Crippen molar-refractivity contribution < 1.29 is 27.8 Å². The molecule has 30 heavy (non-hydrogen) atoms. The highest BCUT2D eigenvalue weighted by molar-refractivity contribution is 7.90. The molecular weight excluding hydrogens is 430 g/mol. The van der Waals surface area contributed by atoms with Crippen LogP contribution in [0.4, 0.5) is 5.95 Å². The number of aliphatic hydroxyl groups excluding tert-OH is 1. The Hall–Kier alpha value is -3.02. The normalized spacial score (nSPS) is 12.2. The number of sulfone groups is 1. The number of nitrogens with one attached hydrogen (secondary N) is 1. The Balaban J connectivity index is 1.88. The maximum absolute atomic E-state index is 12.6. The zero-order chi connectivity index (χ0) is 21.7. The van der Waals surface area contributed by atoms with Crippen LogP contribution in [0, 0.1) is 0 Å². The van der Waals surface area contributed by atoms with Crippen LogP contribution in [-0.2, 0) is 9.84 Å². The van der Waals surface area contributed by atoms with Crippen LogP contribution in [0.15, 0.2) is 52.9 Å². The number of rotatable bonds is 8. The first-order valence-corrected chi connectivity index (χ1v) is 11.5. The van der Waals surface area contributed by atoms with E-state index < -0.39 is 21.8 Å². The number of benzene rings is 2. The van der Waals surface area contributed by atoms with Gasteiger partial charge in [-0.3, -0.25) is 10.1 Å². The summed E-state index contributed by atoms with van der Waals surface area (Å²) in [7, 11) is -3.32. The fourth-order valence-corrected chi connectivity index (χ4v) is 3.41. The summed E-state index contributed by atoms with van der Waals surface area (Å²) in [5.74, 6) is 0.702. The van der Waals surface area contributed by atoms with Crippen LogP contribution in [0.2, 0.25) is 0 Å². The van der Waals surface area contributed by atoms with Gasteiger partial charge >= 0.3 is 0 Å². The van der Waals surface area contributed by atoms with E-state index in [9.17, 15) is 18.3 Å². The first-order chi connectivity index (χ1) is 14.2. The number of hydrogen-bond donors (Lipinski definition) is 2. The van der Waals surface area contributed by atoms with Gasteiger partial charge in [0.1, 0.15) is 28.9 Å². The Morgan fingerprint density at radius 3 is 2.47 bits per heavy atom. The third-order valence-corrected chi connectivity index (χ3v) is 5.42. The molecule has 1 aromatic heterocycles. The minimum Gasteiger partial charge on any atom is -0.488 e. The van der Waals surface area contributed by atoms with E-state index in [-0.39, 0.29) is 23.0 Å². The second kappa shape index (κ2) is 9.20. The quantitative estimate of drug-likeness (QED) is 0.537. The van der Waals surface area contributed by atoms with Gasteiger partial charge in [0.15, 0.2) is 9.84 Å². The third-order valence-electron chi connectivity index (χ3n) is 3.81. The van der Waals surface area contributed by atoms with Gasteiger partial charge in [0.25, 0.3) is 5.91 Å². The standard InChI is InChI=1S/C19H19N3O6S2/c1-12(10-23)27-15-7-13(18(24)21-19-20-11-29-22-19)8-16(9-15)28-14-3-5-17(6-4-14)30(2,25)26/h3-9,11-12,23H,10H2,1-2H3,(H,21,22,24). The van der Waals surface area contributed by atoms with Crippen molar-refractivity contribution in [2.75, 3.05) is 18.2 Å². The molecule has 158 valence electrons. The minimum atomic E-state index is -3.32. The second-order valence-electron chi connectivity index (χ2n) is 6.36. The van der Waals surface area contributed by atoms with E-state index in [1.54, 1.807) is 13.0 Å². The molecule has 0 fully saturated rings. The van der Waals surface area contributed by atoms with Crippen molar-refractivity contribution in [2.45, 2.75) is 17.9 Å². The van der Waals surface area contributed by atoms with E-state index >= 15 is 0 Å². The highest BCUT2D eigenvalue weighted by Crippen LogP contribution is 2.29. The summed E-state index contributed by atoms with van der Waals surface area (Å²) in [5.41, 5.74) is 1.72. The van der Waals surface area contributed by atoms with Gasteiger partial charge in [-0.2, -0.15) is 4.37 Å². The molecule has 0 radical (unpaired) electrons. The molecule has 0 aliphatic carbocycles. The smallest absolute Gasteiger partial charge is 0.258 e. The zero-order valence-electron chi connectivity index (χ0n) is 16.1. The molecule has 11 heteroatoms. The lowest BCUT2D eigenvalue weighted by Crippen LogP contribution is -2.17. The lowest BCUT2D eigenvalue weighted by atomic mass is 10.2. The highest BCUT2D eigenvalue weighted by Gasteiger charge is 2.14. The molecule has 1 heterocycles. The molecule has 3 aromatic rings. The summed E-state index contributed by atoms with van der Waals surface area (Å²) < 4.78 is 38.5. The molecule has 0 saturated carbocycles. The van der Waals surface area contributed by atoms with Crippen LogP contribution in [-0.4, -0.2) is 47.8 Å². The largest absolute Gasteiger partial charge is 0.488 e. The Labute approximate surface area is 177 Å². The van der Waals surface area contributed by atoms with E-state index in [0.717, 1.165) is 17.8 Å². The molecule has 0 spiro atoms. The van der Waals surface area contributed by atoms with Crippen LogP contribution in [0.3, 0.4) is 0 Å². The van der Waals surface area contributed by atoms with E-state index in [0.29, 0.717) is 17.2 Å². The SMILES string of the molecule is CC(CO)Oc1cc(Oc2ccc(S(C)(=O)=O)cc2)cc(C(=O)Nc2ncsn2)c1. The average molecular weight is 450 g/mol. The lowest BCUT2D eigenvalue weighted by molar-refractivity contribution is 0.102. The van der Waals surface area contributed by atoms with Gasteiger partial charge in [0, 0.05) is 17.9 Å². The predicted octanol–water partition coefficient (Wildman–Crippen LogP) is 2.75. The van der Waals surface area contributed by atoms with Crippen molar-refractivity contribution in [2.24, 2.45) is 0 Å². The molecule has 0 aliphatic rings. The number of amides is 1. The molecule has 9 nitrogen and oxygen atoms in total. The van der Waals surface area contributed by atoms with E-state index in [1.165, 1.54) is 41.9 Å². The summed E-state index contributed by atoms with van der Waals surface area (Å²) in [6, 6.07) is 10.5. The second-order valence-corrected chi connectivity index (χ2v) is 8.98. The fourth-order valence-electron chi connectivity index (χ4n) is 2.39. The summed E-state index contributed by atoms with van der Waals surface area (Å²) in [5, 5.41) is 11.8.